The first-order valence-electron chi connectivity index (χ1n) is 8.04. The van der Waals surface area contributed by atoms with Gasteiger partial charge in [-0.05, 0) is 26.0 Å². The summed E-state index contributed by atoms with van der Waals surface area (Å²) in [5.74, 6) is -3.01. The van der Waals surface area contributed by atoms with Crippen LogP contribution in [-0.2, 0) is 9.53 Å². The zero-order valence-corrected chi connectivity index (χ0v) is 14.0. The fourth-order valence-corrected chi connectivity index (χ4v) is 2.78. The molecule has 1 saturated heterocycles. The van der Waals surface area contributed by atoms with Crippen LogP contribution in [0.25, 0.3) is 0 Å². The van der Waals surface area contributed by atoms with Gasteiger partial charge >= 0.3 is 0 Å². The lowest BCUT2D eigenvalue weighted by molar-refractivity contribution is -0.123. The molecule has 0 radical (unpaired) electrons. The standard InChI is InChI=1S/C17H24F2N2O3/c1-12(15-13(18)4-3-5-14(15)19)16(22)20-10-17(2,23)11-21-6-8-24-9-7-21/h3-5,12,23H,6-11H2,1-2H3,(H,20,22). The van der Waals surface area contributed by atoms with Crippen LogP contribution in [0.3, 0.4) is 0 Å². The average Bonchev–Trinajstić information content (AvgIpc) is 2.53. The van der Waals surface area contributed by atoms with Crippen molar-refractivity contribution in [2.24, 2.45) is 0 Å². The molecule has 2 atom stereocenters. The molecule has 1 amide bonds. The van der Waals surface area contributed by atoms with Crippen LogP contribution < -0.4 is 5.32 Å². The van der Waals surface area contributed by atoms with Gasteiger partial charge in [-0.25, -0.2) is 8.78 Å². The maximum atomic E-state index is 13.8. The summed E-state index contributed by atoms with van der Waals surface area (Å²) < 4.78 is 32.8. The van der Waals surface area contributed by atoms with Gasteiger partial charge in [0.15, 0.2) is 0 Å². The summed E-state index contributed by atoms with van der Waals surface area (Å²) in [5.41, 5.74) is -1.40. The summed E-state index contributed by atoms with van der Waals surface area (Å²) in [6.07, 6.45) is 0. The fourth-order valence-electron chi connectivity index (χ4n) is 2.78. The van der Waals surface area contributed by atoms with Crippen LogP contribution >= 0.6 is 0 Å². The summed E-state index contributed by atoms with van der Waals surface area (Å²) in [5, 5.41) is 13.0. The van der Waals surface area contributed by atoms with Crippen molar-refractivity contribution in [3.05, 3.63) is 35.4 Å². The van der Waals surface area contributed by atoms with Crippen molar-refractivity contribution in [1.82, 2.24) is 10.2 Å². The Labute approximate surface area is 140 Å². The molecule has 0 spiro atoms. The third kappa shape index (κ3) is 4.96. The smallest absolute Gasteiger partial charge is 0.227 e. The molecule has 7 heteroatoms. The molecular formula is C17H24F2N2O3. The maximum Gasteiger partial charge on any atom is 0.227 e. The maximum absolute atomic E-state index is 13.8. The highest BCUT2D eigenvalue weighted by atomic mass is 19.1. The molecule has 2 rings (SSSR count). The van der Waals surface area contributed by atoms with Crippen molar-refractivity contribution in [3.63, 3.8) is 0 Å². The van der Waals surface area contributed by atoms with E-state index in [-0.39, 0.29) is 12.1 Å². The molecule has 2 N–H and O–H groups in total. The highest BCUT2D eigenvalue weighted by molar-refractivity contribution is 5.83. The monoisotopic (exact) mass is 342 g/mol. The van der Waals surface area contributed by atoms with E-state index in [4.69, 9.17) is 4.74 Å². The number of β-amino-alcohol motifs (C(OH)–C–C–N with tert-alkyl or cyclic N) is 1. The number of morpholine rings is 1. The molecule has 0 bridgehead atoms. The summed E-state index contributed by atoms with van der Waals surface area (Å²) >= 11 is 0. The van der Waals surface area contributed by atoms with Crippen LogP contribution in [0.2, 0.25) is 0 Å². The van der Waals surface area contributed by atoms with Crippen LogP contribution in [-0.4, -0.2) is 60.9 Å². The number of hydrogen-bond acceptors (Lipinski definition) is 4. The second-order valence-corrected chi connectivity index (χ2v) is 6.46. The Bertz CT molecular complexity index is 555. The van der Waals surface area contributed by atoms with Gasteiger partial charge in [0.25, 0.3) is 0 Å². The van der Waals surface area contributed by atoms with E-state index in [2.05, 4.69) is 10.2 Å². The Kier molecular flexibility index (Phi) is 6.26. The van der Waals surface area contributed by atoms with Crippen molar-refractivity contribution in [1.29, 1.82) is 0 Å². The molecule has 0 aliphatic carbocycles. The van der Waals surface area contributed by atoms with Gasteiger partial charge in [0, 0.05) is 31.7 Å². The zero-order valence-electron chi connectivity index (χ0n) is 14.0. The molecule has 0 aromatic heterocycles. The van der Waals surface area contributed by atoms with Crippen molar-refractivity contribution in [2.45, 2.75) is 25.4 Å². The summed E-state index contributed by atoms with van der Waals surface area (Å²) in [6, 6.07) is 3.50. The summed E-state index contributed by atoms with van der Waals surface area (Å²) in [6.45, 7) is 6.13. The Morgan fingerprint density at radius 1 is 1.38 bits per heavy atom. The minimum Gasteiger partial charge on any atom is -0.387 e. The minimum absolute atomic E-state index is 0.00357. The predicted molar refractivity (Wildman–Crippen MR) is 85.7 cm³/mol. The molecule has 5 nitrogen and oxygen atoms in total. The molecule has 1 aromatic carbocycles. The number of hydrogen-bond donors (Lipinski definition) is 2. The average molecular weight is 342 g/mol. The molecule has 1 aromatic rings. The third-order valence-electron chi connectivity index (χ3n) is 4.14. The van der Waals surface area contributed by atoms with Crippen LogP contribution in [0.1, 0.15) is 25.3 Å². The van der Waals surface area contributed by atoms with Gasteiger partial charge in [-0.1, -0.05) is 6.07 Å². The van der Waals surface area contributed by atoms with Crippen molar-refractivity contribution in [2.75, 3.05) is 39.4 Å². The molecule has 0 saturated carbocycles. The SMILES string of the molecule is CC(C(=O)NCC(C)(O)CN1CCOCC1)c1c(F)cccc1F. The molecule has 1 aliphatic heterocycles. The number of ether oxygens (including phenoxy) is 1. The molecule has 24 heavy (non-hydrogen) atoms. The zero-order chi connectivity index (χ0) is 17.7. The Morgan fingerprint density at radius 2 is 1.96 bits per heavy atom. The number of amides is 1. The Balaban J connectivity index is 1.91. The molecular weight excluding hydrogens is 318 g/mol. The molecule has 1 fully saturated rings. The van der Waals surface area contributed by atoms with Crippen LogP contribution in [0.15, 0.2) is 18.2 Å². The fraction of sp³-hybridized carbons (Fsp3) is 0.588. The highest BCUT2D eigenvalue weighted by Gasteiger charge is 2.28. The Hall–Kier alpha value is -1.57. The van der Waals surface area contributed by atoms with E-state index < -0.39 is 29.1 Å². The van der Waals surface area contributed by atoms with Gasteiger partial charge in [0.05, 0.1) is 24.7 Å². The quantitative estimate of drug-likeness (QED) is 0.817. The molecule has 2 unspecified atom stereocenters. The van der Waals surface area contributed by atoms with Crippen molar-refractivity contribution in [3.8, 4) is 0 Å². The number of carbonyl (C=O) groups is 1. The first-order chi connectivity index (χ1) is 11.3. The lowest BCUT2D eigenvalue weighted by Crippen LogP contribution is -2.51. The number of carbonyl (C=O) groups excluding carboxylic acids is 1. The number of nitrogens with one attached hydrogen (secondary N) is 1. The second-order valence-electron chi connectivity index (χ2n) is 6.46. The minimum atomic E-state index is -1.14. The number of benzene rings is 1. The van der Waals surface area contributed by atoms with E-state index >= 15 is 0 Å². The number of nitrogens with zero attached hydrogens (tertiary/aromatic N) is 1. The third-order valence-corrected chi connectivity index (χ3v) is 4.14. The van der Waals surface area contributed by atoms with Gasteiger partial charge in [-0.15, -0.1) is 0 Å². The number of rotatable bonds is 6. The highest BCUT2D eigenvalue weighted by Crippen LogP contribution is 2.22. The van der Waals surface area contributed by atoms with Crippen LogP contribution in [0.4, 0.5) is 8.78 Å². The van der Waals surface area contributed by atoms with Crippen LogP contribution in [0.5, 0.6) is 0 Å². The topological polar surface area (TPSA) is 61.8 Å². The predicted octanol–water partition coefficient (Wildman–Crippen LogP) is 1.27. The van der Waals surface area contributed by atoms with Crippen LogP contribution in [0, 0.1) is 11.6 Å². The Morgan fingerprint density at radius 3 is 2.54 bits per heavy atom. The van der Waals surface area contributed by atoms with E-state index in [1.807, 2.05) is 0 Å². The van der Waals surface area contributed by atoms with Gasteiger partial charge in [-0.3, -0.25) is 9.69 Å². The second kappa shape index (κ2) is 8.00. The first kappa shape index (κ1) is 18.8. The normalized spacial score (nSPS) is 19.5. The van der Waals surface area contributed by atoms with E-state index in [1.54, 1.807) is 6.92 Å². The lowest BCUT2D eigenvalue weighted by atomic mass is 9.98. The first-order valence-corrected chi connectivity index (χ1v) is 8.04. The lowest BCUT2D eigenvalue weighted by Gasteiger charge is -2.34. The van der Waals surface area contributed by atoms with Crippen molar-refractivity contribution >= 4 is 5.91 Å². The van der Waals surface area contributed by atoms with Gasteiger partial charge in [0.1, 0.15) is 11.6 Å². The number of halogens is 2. The van der Waals surface area contributed by atoms with E-state index in [1.165, 1.54) is 13.0 Å². The van der Waals surface area contributed by atoms with Gasteiger partial charge in [0.2, 0.25) is 5.91 Å². The summed E-state index contributed by atoms with van der Waals surface area (Å²) in [4.78, 5) is 14.2. The largest absolute Gasteiger partial charge is 0.387 e. The van der Waals surface area contributed by atoms with Gasteiger partial charge < -0.3 is 15.2 Å². The molecule has 1 heterocycles. The van der Waals surface area contributed by atoms with Crippen molar-refractivity contribution < 1.29 is 23.4 Å². The van der Waals surface area contributed by atoms with E-state index in [0.717, 1.165) is 25.2 Å². The van der Waals surface area contributed by atoms with E-state index in [0.29, 0.717) is 19.8 Å². The molecule has 1 aliphatic rings. The number of aliphatic hydroxyl groups is 1. The molecule has 134 valence electrons. The summed E-state index contributed by atoms with van der Waals surface area (Å²) in [7, 11) is 0. The van der Waals surface area contributed by atoms with Gasteiger partial charge in [-0.2, -0.15) is 0 Å². The van der Waals surface area contributed by atoms with E-state index in [9.17, 15) is 18.7 Å².